The molecule has 0 radical (unpaired) electrons. The van der Waals surface area contributed by atoms with E-state index in [1.807, 2.05) is 30.3 Å². The minimum Gasteiger partial charge on any atom is -0.497 e. The average Bonchev–Trinajstić information content (AvgIpc) is 3.39. The molecule has 0 bridgehead atoms. The van der Waals surface area contributed by atoms with Crippen molar-refractivity contribution in [3.05, 3.63) is 59.7 Å². The lowest BCUT2D eigenvalue weighted by Crippen LogP contribution is -2.44. The van der Waals surface area contributed by atoms with E-state index in [0.717, 1.165) is 23.3 Å². The number of rotatable bonds is 6. The third kappa shape index (κ3) is 3.66. The van der Waals surface area contributed by atoms with E-state index in [1.54, 1.807) is 44.2 Å². The van der Waals surface area contributed by atoms with Crippen molar-refractivity contribution >= 4 is 17.8 Å². The van der Waals surface area contributed by atoms with E-state index in [9.17, 15) is 14.4 Å². The first-order valence-corrected chi connectivity index (χ1v) is 10.6. The zero-order chi connectivity index (χ0) is 22.9. The zero-order valence-corrected chi connectivity index (χ0v) is 18.5. The maximum atomic E-state index is 13.3. The van der Waals surface area contributed by atoms with Gasteiger partial charge in [0.15, 0.2) is 0 Å². The van der Waals surface area contributed by atoms with Crippen LogP contribution in [0, 0.1) is 0 Å². The molecular formula is C24H27N3O5. The smallest absolute Gasteiger partial charge is 0.325 e. The molecule has 1 N–H and O–H groups in total. The Kier molecular flexibility index (Phi) is 5.78. The second-order valence-corrected chi connectivity index (χ2v) is 8.17. The van der Waals surface area contributed by atoms with Crippen LogP contribution in [0.3, 0.4) is 0 Å². The highest BCUT2D eigenvalue weighted by Crippen LogP contribution is 2.39. The number of nitrogens with one attached hydrogen (secondary N) is 1. The molecule has 4 rings (SSSR count). The zero-order valence-electron chi connectivity index (χ0n) is 18.5. The third-order valence-corrected chi connectivity index (χ3v) is 6.29. The van der Waals surface area contributed by atoms with Crippen LogP contribution in [0.25, 0.3) is 0 Å². The lowest BCUT2D eigenvalue weighted by Gasteiger charge is -2.28. The normalized spacial score (nSPS) is 22.8. The maximum Gasteiger partial charge on any atom is 0.325 e. The Balaban J connectivity index is 1.55. The number of amides is 4. The number of benzene rings is 2. The van der Waals surface area contributed by atoms with Crippen molar-refractivity contribution < 1.29 is 23.9 Å². The molecule has 2 fully saturated rings. The molecule has 2 atom stereocenters. The van der Waals surface area contributed by atoms with Gasteiger partial charge in [0.2, 0.25) is 5.91 Å². The molecule has 0 spiro atoms. The topological polar surface area (TPSA) is 88.2 Å². The summed E-state index contributed by atoms with van der Waals surface area (Å²) in [5.74, 6) is 0.630. The predicted octanol–water partition coefficient (Wildman–Crippen LogP) is 2.83. The molecular weight excluding hydrogens is 410 g/mol. The molecule has 2 aromatic rings. The van der Waals surface area contributed by atoms with Crippen LogP contribution in [0.1, 0.15) is 36.9 Å². The second kappa shape index (κ2) is 8.53. The van der Waals surface area contributed by atoms with Crippen molar-refractivity contribution in [3.63, 3.8) is 0 Å². The summed E-state index contributed by atoms with van der Waals surface area (Å²) in [6.07, 6.45) is 1.58. The number of ether oxygens (including phenoxy) is 2. The van der Waals surface area contributed by atoms with Crippen LogP contribution in [0.15, 0.2) is 48.5 Å². The first-order valence-electron chi connectivity index (χ1n) is 10.6. The van der Waals surface area contributed by atoms with E-state index in [1.165, 1.54) is 0 Å². The van der Waals surface area contributed by atoms with Gasteiger partial charge in [-0.2, -0.15) is 0 Å². The SMILES string of the molecule is COc1ccc(OC)c(C2CCCN2C(=O)CN2C(=O)NC(C)(c3ccccc3)C2=O)c1. The van der Waals surface area contributed by atoms with Crippen molar-refractivity contribution in [2.75, 3.05) is 27.3 Å². The van der Waals surface area contributed by atoms with Gasteiger partial charge in [0.25, 0.3) is 5.91 Å². The van der Waals surface area contributed by atoms with Crippen molar-refractivity contribution in [2.24, 2.45) is 0 Å². The first kappa shape index (κ1) is 21.7. The summed E-state index contributed by atoms with van der Waals surface area (Å²) in [6, 6.07) is 13.8. The van der Waals surface area contributed by atoms with Crippen molar-refractivity contribution in [2.45, 2.75) is 31.3 Å². The summed E-state index contributed by atoms with van der Waals surface area (Å²) in [5, 5.41) is 2.75. The lowest BCUT2D eigenvalue weighted by molar-refractivity contribution is -0.139. The van der Waals surface area contributed by atoms with Gasteiger partial charge in [-0.1, -0.05) is 30.3 Å². The third-order valence-electron chi connectivity index (χ3n) is 6.29. The van der Waals surface area contributed by atoms with Gasteiger partial charge in [0, 0.05) is 12.1 Å². The Bertz CT molecular complexity index is 1040. The van der Waals surface area contributed by atoms with Gasteiger partial charge < -0.3 is 19.7 Å². The number of imide groups is 1. The molecule has 2 saturated heterocycles. The van der Waals surface area contributed by atoms with E-state index in [4.69, 9.17) is 9.47 Å². The fourth-order valence-corrected chi connectivity index (χ4v) is 4.52. The molecule has 0 saturated carbocycles. The number of urea groups is 1. The summed E-state index contributed by atoms with van der Waals surface area (Å²) in [7, 11) is 3.18. The molecule has 0 aliphatic carbocycles. The fraction of sp³-hybridized carbons (Fsp3) is 0.375. The molecule has 0 aromatic heterocycles. The first-order chi connectivity index (χ1) is 15.4. The highest BCUT2D eigenvalue weighted by atomic mass is 16.5. The second-order valence-electron chi connectivity index (χ2n) is 8.17. The van der Waals surface area contributed by atoms with Crippen LogP contribution in [0.2, 0.25) is 0 Å². The molecule has 168 valence electrons. The van der Waals surface area contributed by atoms with E-state index in [2.05, 4.69) is 5.32 Å². The molecule has 2 aliphatic heterocycles. The number of carbonyl (C=O) groups excluding carboxylic acids is 3. The summed E-state index contributed by atoms with van der Waals surface area (Å²) >= 11 is 0. The Labute approximate surface area is 187 Å². The van der Waals surface area contributed by atoms with Crippen LogP contribution < -0.4 is 14.8 Å². The van der Waals surface area contributed by atoms with Gasteiger partial charge in [0.05, 0.1) is 20.3 Å². The molecule has 2 heterocycles. The Morgan fingerprint density at radius 3 is 2.56 bits per heavy atom. The Hall–Kier alpha value is -3.55. The highest BCUT2D eigenvalue weighted by molar-refractivity contribution is 6.09. The fourth-order valence-electron chi connectivity index (χ4n) is 4.52. The highest BCUT2D eigenvalue weighted by Gasteiger charge is 2.50. The van der Waals surface area contributed by atoms with Crippen LogP contribution in [0.4, 0.5) is 4.79 Å². The summed E-state index contributed by atoms with van der Waals surface area (Å²) in [4.78, 5) is 41.8. The van der Waals surface area contributed by atoms with Gasteiger partial charge >= 0.3 is 6.03 Å². The molecule has 32 heavy (non-hydrogen) atoms. The van der Waals surface area contributed by atoms with Crippen LogP contribution in [-0.2, 0) is 15.1 Å². The van der Waals surface area contributed by atoms with Gasteiger partial charge in [-0.25, -0.2) is 4.79 Å². The molecule has 2 unspecified atom stereocenters. The number of hydrogen-bond donors (Lipinski definition) is 1. The molecule has 2 aromatic carbocycles. The number of carbonyl (C=O) groups is 3. The van der Waals surface area contributed by atoms with Crippen LogP contribution >= 0.6 is 0 Å². The van der Waals surface area contributed by atoms with Gasteiger partial charge in [-0.05, 0) is 43.5 Å². The monoisotopic (exact) mass is 437 g/mol. The standard InChI is InChI=1S/C24H27N3O5/c1-24(16-8-5-4-6-9-16)22(29)27(23(30)25-24)15-21(28)26-13-7-10-19(26)18-14-17(31-2)11-12-20(18)32-3/h4-6,8-9,11-12,14,19H,7,10,13,15H2,1-3H3,(H,25,30). The number of hydrogen-bond acceptors (Lipinski definition) is 5. The Morgan fingerprint density at radius 1 is 1.12 bits per heavy atom. The van der Waals surface area contributed by atoms with Crippen molar-refractivity contribution in [1.29, 1.82) is 0 Å². The Morgan fingerprint density at radius 2 is 1.88 bits per heavy atom. The molecule has 8 nitrogen and oxygen atoms in total. The van der Waals surface area contributed by atoms with E-state index < -0.39 is 17.5 Å². The quantitative estimate of drug-likeness (QED) is 0.702. The number of nitrogens with zero attached hydrogens (tertiary/aromatic N) is 2. The minimum atomic E-state index is -1.20. The predicted molar refractivity (Wildman–Crippen MR) is 117 cm³/mol. The van der Waals surface area contributed by atoms with Crippen LogP contribution in [0.5, 0.6) is 11.5 Å². The maximum absolute atomic E-state index is 13.3. The summed E-state index contributed by atoms with van der Waals surface area (Å²) in [6.45, 7) is 1.89. The summed E-state index contributed by atoms with van der Waals surface area (Å²) < 4.78 is 10.9. The molecule has 8 heteroatoms. The molecule has 2 aliphatic rings. The van der Waals surface area contributed by atoms with Crippen molar-refractivity contribution in [3.8, 4) is 11.5 Å². The summed E-state index contributed by atoms with van der Waals surface area (Å²) in [5.41, 5.74) is 0.330. The van der Waals surface area contributed by atoms with E-state index >= 15 is 0 Å². The van der Waals surface area contributed by atoms with Crippen molar-refractivity contribution in [1.82, 2.24) is 15.1 Å². The van der Waals surface area contributed by atoms with Gasteiger partial charge in [-0.15, -0.1) is 0 Å². The van der Waals surface area contributed by atoms with Gasteiger partial charge in [-0.3, -0.25) is 14.5 Å². The largest absolute Gasteiger partial charge is 0.497 e. The van der Waals surface area contributed by atoms with Crippen LogP contribution in [-0.4, -0.2) is 55.0 Å². The van der Waals surface area contributed by atoms with E-state index in [-0.39, 0.29) is 18.5 Å². The lowest BCUT2D eigenvalue weighted by atomic mass is 9.92. The number of likely N-dealkylation sites (tertiary alicyclic amines) is 1. The minimum absolute atomic E-state index is 0.214. The number of methoxy groups -OCH3 is 2. The van der Waals surface area contributed by atoms with Gasteiger partial charge in [0.1, 0.15) is 23.6 Å². The average molecular weight is 437 g/mol. The molecule has 4 amide bonds. The van der Waals surface area contributed by atoms with E-state index in [0.29, 0.717) is 23.6 Å².